The van der Waals surface area contributed by atoms with Crippen LogP contribution in [0.2, 0.25) is 0 Å². The molecule has 4 aliphatic rings. The molecule has 3 nitrogen and oxygen atoms in total. The third-order valence-corrected chi connectivity index (χ3v) is 8.57. The molecule has 0 radical (unpaired) electrons. The van der Waals surface area contributed by atoms with E-state index in [1.807, 2.05) is 0 Å². The van der Waals surface area contributed by atoms with Gasteiger partial charge in [-0.3, -0.25) is 4.79 Å². The molecule has 22 heavy (non-hydrogen) atoms. The van der Waals surface area contributed by atoms with Crippen LogP contribution >= 0.6 is 0 Å². The summed E-state index contributed by atoms with van der Waals surface area (Å²) in [6, 6.07) is 0. The van der Waals surface area contributed by atoms with Gasteiger partial charge in [0.15, 0.2) is 5.79 Å². The molecule has 0 bridgehead atoms. The van der Waals surface area contributed by atoms with E-state index in [2.05, 4.69) is 13.8 Å². The molecule has 0 aromatic carbocycles. The lowest BCUT2D eigenvalue weighted by Crippen LogP contribution is -2.58. The first-order chi connectivity index (χ1) is 10.3. The number of carbonyl (C=O) groups is 1. The molecule has 1 unspecified atom stereocenters. The van der Waals surface area contributed by atoms with E-state index in [1.165, 1.54) is 19.3 Å². The van der Waals surface area contributed by atoms with Crippen LogP contribution in [0.3, 0.4) is 0 Å². The molecule has 0 spiro atoms. The van der Waals surface area contributed by atoms with Crippen molar-refractivity contribution in [1.29, 1.82) is 0 Å². The minimum atomic E-state index is -1.50. The molecule has 4 saturated carbocycles. The third-order valence-electron chi connectivity index (χ3n) is 8.57. The maximum atomic E-state index is 12.8. The number of hydrogen-bond acceptors (Lipinski definition) is 3. The number of Topliss-reactive ketones (excluding diaryl/α,β-unsaturated/α-hetero) is 1. The number of carbonyl (C=O) groups excluding carboxylic acids is 1. The van der Waals surface area contributed by atoms with Crippen LogP contribution in [0.15, 0.2) is 0 Å². The Morgan fingerprint density at radius 3 is 2.45 bits per heavy atom. The second-order valence-corrected chi connectivity index (χ2v) is 9.06. The van der Waals surface area contributed by atoms with Gasteiger partial charge < -0.3 is 10.2 Å². The summed E-state index contributed by atoms with van der Waals surface area (Å²) in [6.07, 6.45) is 8.70. The predicted molar refractivity (Wildman–Crippen MR) is 83.9 cm³/mol. The van der Waals surface area contributed by atoms with E-state index in [4.69, 9.17) is 0 Å². The largest absolute Gasteiger partial charge is 0.365 e. The van der Waals surface area contributed by atoms with Crippen molar-refractivity contribution in [1.82, 2.24) is 0 Å². The van der Waals surface area contributed by atoms with E-state index in [1.54, 1.807) is 0 Å². The highest BCUT2D eigenvalue weighted by molar-refractivity contribution is 5.86. The van der Waals surface area contributed by atoms with Gasteiger partial charge in [-0.2, -0.15) is 0 Å². The molecule has 0 aromatic heterocycles. The van der Waals surface area contributed by atoms with E-state index in [0.717, 1.165) is 32.1 Å². The van der Waals surface area contributed by atoms with Crippen molar-refractivity contribution in [3.05, 3.63) is 0 Å². The first-order valence-electron chi connectivity index (χ1n) is 9.29. The first kappa shape index (κ1) is 15.1. The fourth-order valence-electron chi connectivity index (χ4n) is 7.08. The Balaban J connectivity index is 1.70. The van der Waals surface area contributed by atoms with Gasteiger partial charge in [0, 0.05) is 23.7 Å². The highest BCUT2D eigenvalue weighted by Gasteiger charge is 2.65. The van der Waals surface area contributed by atoms with Crippen LogP contribution in [0.4, 0.5) is 0 Å². The van der Waals surface area contributed by atoms with Crippen LogP contribution in [0.5, 0.6) is 0 Å². The summed E-state index contributed by atoms with van der Waals surface area (Å²) in [5, 5.41) is 21.0. The number of rotatable bonds is 0. The summed E-state index contributed by atoms with van der Waals surface area (Å²) in [6.45, 7) is 4.33. The van der Waals surface area contributed by atoms with Gasteiger partial charge in [0.05, 0.1) is 0 Å². The van der Waals surface area contributed by atoms with E-state index in [9.17, 15) is 15.0 Å². The van der Waals surface area contributed by atoms with Crippen molar-refractivity contribution >= 4 is 5.78 Å². The van der Waals surface area contributed by atoms with Crippen molar-refractivity contribution < 1.29 is 15.0 Å². The van der Waals surface area contributed by atoms with Crippen molar-refractivity contribution in [3.63, 3.8) is 0 Å². The molecule has 4 rings (SSSR count). The fourth-order valence-corrected chi connectivity index (χ4v) is 7.08. The lowest BCUT2D eigenvalue weighted by atomic mass is 9.45. The van der Waals surface area contributed by atoms with E-state index in [-0.39, 0.29) is 10.8 Å². The van der Waals surface area contributed by atoms with Crippen molar-refractivity contribution in [2.24, 2.45) is 34.5 Å². The zero-order chi connectivity index (χ0) is 15.8. The number of ketones is 1. The molecule has 0 aliphatic heterocycles. The van der Waals surface area contributed by atoms with Crippen LogP contribution < -0.4 is 0 Å². The summed E-state index contributed by atoms with van der Waals surface area (Å²) in [5.41, 5.74) is -0.492. The third kappa shape index (κ3) is 1.67. The predicted octanol–water partition coefficient (Wildman–Crippen LogP) is 3.28. The van der Waals surface area contributed by atoms with Crippen molar-refractivity contribution in [2.75, 3.05) is 0 Å². The Labute approximate surface area is 133 Å². The van der Waals surface area contributed by atoms with Gasteiger partial charge in [0.2, 0.25) is 0 Å². The van der Waals surface area contributed by atoms with Crippen molar-refractivity contribution in [3.8, 4) is 0 Å². The second kappa shape index (κ2) is 4.57. The maximum absolute atomic E-state index is 12.8. The van der Waals surface area contributed by atoms with Gasteiger partial charge in [-0.05, 0) is 68.6 Å². The van der Waals surface area contributed by atoms with Gasteiger partial charge in [-0.1, -0.05) is 13.8 Å². The average molecular weight is 306 g/mol. The topological polar surface area (TPSA) is 57.5 Å². The summed E-state index contributed by atoms with van der Waals surface area (Å²) in [7, 11) is 0. The molecular formula is C19H30O3. The molecule has 4 fully saturated rings. The van der Waals surface area contributed by atoms with Gasteiger partial charge in [0.25, 0.3) is 0 Å². The molecular weight excluding hydrogens is 276 g/mol. The Morgan fingerprint density at radius 1 is 0.955 bits per heavy atom. The minimum absolute atomic E-state index is 0.126. The summed E-state index contributed by atoms with van der Waals surface area (Å²) < 4.78 is 0. The molecule has 0 amide bonds. The summed E-state index contributed by atoms with van der Waals surface area (Å²) in [5.74, 6) is 0.952. The molecule has 3 heteroatoms. The minimum Gasteiger partial charge on any atom is -0.365 e. The van der Waals surface area contributed by atoms with Crippen LogP contribution in [-0.2, 0) is 4.79 Å². The number of aliphatic hydroxyl groups is 2. The van der Waals surface area contributed by atoms with Crippen LogP contribution in [-0.4, -0.2) is 21.8 Å². The van der Waals surface area contributed by atoms with Crippen LogP contribution in [0, 0.1) is 34.5 Å². The highest BCUT2D eigenvalue weighted by atomic mass is 16.5. The summed E-state index contributed by atoms with van der Waals surface area (Å²) >= 11 is 0. The first-order valence-corrected chi connectivity index (χ1v) is 9.29. The van der Waals surface area contributed by atoms with E-state index >= 15 is 0 Å². The zero-order valence-corrected chi connectivity index (χ0v) is 14.0. The van der Waals surface area contributed by atoms with Crippen molar-refractivity contribution in [2.45, 2.75) is 77.4 Å². The molecule has 0 heterocycles. The highest BCUT2D eigenvalue weighted by Crippen LogP contribution is 2.67. The van der Waals surface area contributed by atoms with Gasteiger partial charge in [0.1, 0.15) is 5.78 Å². The van der Waals surface area contributed by atoms with Gasteiger partial charge in [-0.15, -0.1) is 0 Å². The maximum Gasteiger partial charge on any atom is 0.168 e. The quantitative estimate of drug-likeness (QED) is 0.675. The summed E-state index contributed by atoms with van der Waals surface area (Å²) in [4.78, 5) is 12.8. The van der Waals surface area contributed by atoms with E-state index in [0.29, 0.717) is 35.9 Å². The lowest BCUT2D eigenvalue weighted by Gasteiger charge is -2.59. The fraction of sp³-hybridized carbons (Fsp3) is 0.947. The van der Waals surface area contributed by atoms with Crippen LogP contribution in [0.25, 0.3) is 0 Å². The van der Waals surface area contributed by atoms with Crippen LogP contribution in [0.1, 0.15) is 71.6 Å². The normalized spacial score (nSPS) is 53.5. The molecule has 6 atom stereocenters. The molecule has 124 valence electrons. The molecule has 2 N–H and O–H groups in total. The Kier molecular flexibility index (Phi) is 3.14. The molecule has 4 aliphatic carbocycles. The number of hydrogen-bond donors (Lipinski definition) is 2. The Hall–Kier alpha value is -0.410. The van der Waals surface area contributed by atoms with Gasteiger partial charge in [-0.25, -0.2) is 0 Å². The standard InChI is InChI=1S/C19H30O3/c1-17-10-8-15-13(14(17)9-11-19(17,21)22)7-6-12-4-3-5-16(20)18(12,15)2/h12-15,21-22H,3-11H2,1-2H3/t12?,13-,14-,15+,17-,18-/m0/s1. The molecule has 0 aromatic rings. The SMILES string of the molecule is C[C@]12C(=O)CCCC1CC[C@@H]1[C@H]2CC[C@@]2(C)[C@H]1CCC2(O)O. The average Bonchev–Trinajstić information content (AvgIpc) is 2.71. The Bertz CT molecular complexity index is 499. The molecule has 0 saturated heterocycles. The lowest BCUT2D eigenvalue weighted by molar-refractivity contribution is -0.250. The smallest absolute Gasteiger partial charge is 0.168 e. The second-order valence-electron chi connectivity index (χ2n) is 9.06. The van der Waals surface area contributed by atoms with Gasteiger partial charge >= 0.3 is 0 Å². The zero-order valence-electron chi connectivity index (χ0n) is 14.0. The Morgan fingerprint density at radius 2 is 1.68 bits per heavy atom. The monoisotopic (exact) mass is 306 g/mol. The van der Waals surface area contributed by atoms with E-state index < -0.39 is 5.79 Å². The number of fused-ring (bicyclic) bond motifs is 5.